The molecule has 0 saturated heterocycles. The maximum absolute atomic E-state index is 11.7. The van der Waals surface area contributed by atoms with Crippen LogP contribution >= 0.6 is 0 Å². The maximum Gasteiger partial charge on any atom is 0.159 e. The van der Waals surface area contributed by atoms with Gasteiger partial charge in [0, 0.05) is 18.7 Å². The third-order valence-electron chi connectivity index (χ3n) is 3.72. The molecule has 1 aliphatic carbocycles. The van der Waals surface area contributed by atoms with Gasteiger partial charge in [-0.1, -0.05) is 44.2 Å². The zero-order valence-corrected chi connectivity index (χ0v) is 14.4. The van der Waals surface area contributed by atoms with E-state index >= 15 is 0 Å². The van der Waals surface area contributed by atoms with Crippen LogP contribution in [0.3, 0.4) is 0 Å². The zero-order valence-electron chi connectivity index (χ0n) is 14.4. The fraction of sp³-hybridized carbons (Fsp3) is 0.500. The largest absolute Gasteiger partial charge is 0.364 e. The molecule has 0 saturated carbocycles. The van der Waals surface area contributed by atoms with Crippen molar-refractivity contribution in [1.29, 1.82) is 0 Å². The van der Waals surface area contributed by atoms with Crippen LogP contribution in [-0.4, -0.2) is 23.9 Å². The fourth-order valence-electron chi connectivity index (χ4n) is 2.43. The van der Waals surface area contributed by atoms with Crippen molar-refractivity contribution in [2.24, 2.45) is 11.8 Å². The van der Waals surface area contributed by atoms with E-state index in [2.05, 4.69) is 43.5 Å². The second kappa shape index (κ2) is 8.59. The summed E-state index contributed by atoms with van der Waals surface area (Å²) in [6, 6.07) is 0.155. The molecule has 22 heavy (non-hydrogen) atoms. The number of Topliss-reactive ketones (excluding diaryl/α,β-unsaturated/α-hetero) is 1. The normalized spacial score (nSPS) is 16.8. The van der Waals surface area contributed by atoms with Crippen LogP contribution in [0.25, 0.3) is 0 Å². The lowest BCUT2D eigenvalue weighted by Crippen LogP contribution is -2.42. The average Bonchev–Trinajstić information content (AvgIpc) is 2.70. The van der Waals surface area contributed by atoms with Crippen molar-refractivity contribution in [3.63, 3.8) is 0 Å². The van der Waals surface area contributed by atoms with Crippen molar-refractivity contribution in [1.82, 2.24) is 10.3 Å². The molecule has 0 bridgehead atoms. The van der Waals surface area contributed by atoms with Crippen LogP contribution in [0.15, 0.2) is 47.3 Å². The van der Waals surface area contributed by atoms with Gasteiger partial charge in [-0.25, -0.2) is 5.84 Å². The Hall–Kier alpha value is -1.81. The quantitative estimate of drug-likeness (QED) is 0.431. The molecule has 3 N–H and O–H groups in total. The standard InChI is InChI=1S/C18H29N3O/c1-13(2)12-17(16-10-8-6-7-9-11-16)20-18(21(5)19)14(3)15(4)22/h6-10,13,17,20H,11-12,19H2,1-5H3/b18-14+/t17-/m1/s1. The highest BCUT2D eigenvalue weighted by Crippen LogP contribution is 2.20. The summed E-state index contributed by atoms with van der Waals surface area (Å²) in [6.45, 7) is 7.77. The van der Waals surface area contributed by atoms with Crippen LogP contribution < -0.4 is 11.2 Å². The molecule has 0 aliphatic heterocycles. The molecule has 4 heteroatoms. The summed E-state index contributed by atoms with van der Waals surface area (Å²) in [7, 11) is 1.75. The van der Waals surface area contributed by atoms with Gasteiger partial charge in [0.2, 0.25) is 0 Å². The van der Waals surface area contributed by atoms with Gasteiger partial charge >= 0.3 is 0 Å². The van der Waals surface area contributed by atoms with E-state index < -0.39 is 0 Å². The predicted octanol–water partition coefficient (Wildman–Crippen LogP) is 3.06. The Balaban J connectivity index is 3.09. The Morgan fingerprint density at radius 2 is 2.00 bits per heavy atom. The first-order valence-corrected chi connectivity index (χ1v) is 7.82. The lowest BCUT2D eigenvalue weighted by molar-refractivity contribution is -0.113. The molecule has 1 aliphatic rings. The Morgan fingerprint density at radius 3 is 2.55 bits per heavy atom. The summed E-state index contributed by atoms with van der Waals surface area (Å²) in [5.74, 6) is 7.18. The average molecular weight is 303 g/mol. The van der Waals surface area contributed by atoms with Crippen LogP contribution in [0.2, 0.25) is 0 Å². The van der Waals surface area contributed by atoms with Gasteiger partial charge in [0.05, 0.1) is 0 Å². The Labute approximate surface area is 134 Å². The van der Waals surface area contributed by atoms with Crippen molar-refractivity contribution >= 4 is 5.78 Å². The number of carbonyl (C=O) groups excluding carboxylic acids is 1. The molecule has 1 atom stereocenters. The first-order chi connectivity index (χ1) is 10.3. The highest BCUT2D eigenvalue weighted by molar-refractivity contribution is 5.93. The molecule has 0 radical (unpaired) electrons. The van der Waals surface area contributed by atoms with Gasteiger partial charge in [0.15, 0.2) is 5.78 Å². The molecule has 0 aromatic rings. The molecule has 122 valence electrons. The van der Waals surface area contributed by atoms with E-state index in [0.717, 1.165) is 12.8 Å². The van der Waals surface area contributed by atoms with E-state index in [-0.39, 0.29) is 11.8 Å². The molecule has 0 heterocycles. The van der Waals surface area contributed by atoms with Crippen LogP contribution in [0.1, 0.15) is 40.5 Å². The minimum atomic E-state index is 0.0257. The maximum atomic E-state index is 11.7. The van der Waals surface area contributed by atoms with Crippen molar-refractivity contribution in [3.05, 3.63) is 47.3 Å². The number of carbonyl (C=O) groups is 1. The molecule has 0 amide bonds. The number of ketones is 1. The number of rotatable bonds is 7. The van der Waals surface area contributed by atoms with Gasteiger partial charge in [-0.2, -0.15) is 0 Å². The lowest BCUT2D eigenvalue weighted by Gasteiger charge is -2.29. The number of nitrogens with zero attached hydrogens (tertiary/aromatic N) is 1. The molecular weight excluding hydrogens is 274 g/mol. The molecule has 0 spiro atoms. The number of nitrogens with one attached hydrogen (secondary N) is 1. The Morgan fingerprint density at radius 1 is 1.32 bits per heavy atom. The molecular formula is C18H29N3O. The molecule has 0 unspecified atom stereocenters. The fourth-order valence-corrected chi connectivity index (χ4v) is 2.43. The minimum absolute atomic E-state index is 0.0257. The molecule has 4 nitrogen and oxygen atoms in total. The third-order valence-corrected chi connectivity index (χ3v) is 3.72. The number of hydrogen-bond acceptors (Lipinski definition) is 4. The van der Waals surface area contributed by atoms with Crippen LogP contribution in [0.4, 0.5) is 0 Å². The zero-order chi connectivity index (χ0) is 16.7. The summed E-state index contributed by atoms with van der Waals surface area (Å²) in [4.78, 5) is 11.7. The van der Waals surface area contributed by atoms with Gasteiger partial charge in [-0.3, -0.25) is 9.80 Å². The molecule has 0 aromatic carbocycles. The summed E-state index contributed by atoms with van der Waals surface area (Å²) in [5, 5.41) is 4.98. The van der Waals surface area contributed by atoms with Crippen molar-refractivity contribution in [3.8, 4) is 0 Å². The number of allylic oxidation sites excluding steroid dienone is 6. The van der Waals surface area contributed by atoms with Gasteiger partial charge in [0.25, 0.3) is 0 Å². The van der Waals surface area contributed by atoms with E-state index in [1.54, 1.807) is 14.0 Å². The molecule has 1 rings (SSSR count). The SMILES string of the molecule is CC(=O)/C(C)=C(\N[C@H](CC(C)C)C1=CC=CC=CC1)N(C)N. The van der Waals surface area contributed by atoms with Crippen molar-refractivity contribution < 1.29 is 4.79 Å². The van der Waals surface area contributed by atoms with Gasteiger partial charge in [-0.15, -0.1) is 0 Å². The number of hydrazine groups is 1. The summed E-state index contributed by atoms with van der Waals surface area (Å²) in [6.07, 6.45) is 12.3. The van der Waals surface area contributed by atoms with E-state index in [0.29, 0.717) is 17.3 Å². The Kier molecular flexibility index (Phi) is 7.12. The smallest absolute Gasteiger partial charge is 0.159 e. The predicted molar refractivity (Wildman–Crippen MR) is 92.7 cm³/mol. The second-order valence-corrected chi connectivity index (χ2v) is 6.23. The lowest BCUT2D eigenvalue weighted by atomic mass is 9.94. The van der Waals surface area contributed by atoms with E-state index in [1.165, 1.54) is 10.6 Å². The minimum Gasteiger partial charge on any atom is -0.364 e. The number of nitrogens with two attached hydrogens (primary N) is 1. The van der Waals surface area contributed by atoms with Crippen molar-refractivity contribution in [2.45, 2.75) is 46.6 Å². The highest BCUT2D eigenvalue weighted by atomic mass is 16.1. The topological polar surface area (TPSA) is 58.4 Å². The van der Waals surface area contributed by atoms with Crippen LogP contribution in [-0.2, 0) is 4.79 Å². The first kappa shape index (κ1) is 18.2. The monoisotopic (exact) mass is 303 g/mol. The summed E-state index contributed by atoms with van der Waals surface area (Å²) in [5.41, 5.74) is 1.95. The van der Waals surface area contributed by atoms with E-state index in [9.17, 15) is 4.79 Å². The second-order valence-electron chi connectivity index (χ2n) is 6.23. The van der Waals surface area contributed by atoms with Crippen LogP contribution in [0.5, 0.6) is 0 Å². The molecule has 0 fully saturated rings. The summed E-state index contributed by atoms with van der Waals surface area (Å²) < 4.78 is 0. The summed E-state index contributed by atoms with van der Waals surface area (Å²) >= 11 is 0. The van der Waals surface area contributed by atoms with Gasteiger partial charge < -0.3 is 5.32 Å². The van der Waals surface area contributed by atoms with Gasteiger partial charge in [0.1, 0.15) is 5.82 Å². The van der Waals surface area contributed by atoms with Crippen molar-refractivity contribution in [2.75, 3.05) is 7.05 Å². The highest BCUT2D eigenvalue weighted by Gasteiger charge is 2.19. The number of hydrogen-bond donors (Lipinski definition) is 2. The van der Waals surface area contributed by atoms with E-state index in [1.807, 2.05) is 13.0 Å². The first-order valence-electron chi connectivity index (χ1n) is 7.82. The molecule has 0 aromatic heterocycles. The van der Waals surface area contributed by atoms with E-state index in [4.69, 9.17) is 5.84 Å². The Bertz CT molecular complexity index is 510. The third kappa shape index (κ3) is 5.53. The van der Waals surface area contributed by atoms with Crippen LogP contribution in [0, 0.1) is 5.92 Å². The van der Waals surface area contributed by atoms with Gasteiger partial charge in [-0.05, 0) is 38.2 Å².